The number of benzene rings is 1. The number of rotatable bonds is 3. The number of hydrogen-bond donors (Lipinski definition) is 1. The topological polar surface area (TPSA) is 52.9 Å². The van der Waals surface area contributed by atoms with E-state index in [-0.39, 0.29) is 5.91 Å². The Morgan fingerprint density at radius 1 is 1.33 bits per heavy atom. The van der Waals surface area contributed by atoms with Gasteiger partial charge in [0.25, 0.3) is 0 Å². The third-order valence-electron chi connectivity index (χ3n) is 3.03. The summed E-state index contributed by atoms with van der Waals surface area (Å²) in [7, 11) is 0. The number of nitrogens with one attached hydrogen (secondary N) is 1. The normalized spacial score (nSPS) is 10.6. The highest BCUT2D eigenvalue weighted by molar-refractivity contribution is 9.10. The van der Waals surface area contributed by atoms with Crippen LogP contribution in [0.2, 0.25) is 0 Å². The van der Waals surface area contributed by atoms with E-state index < -0.39 is 0 Å². The summed E-state index contributed by atoms with van der Waals surface area (Å²) < 4.78 is 0.993. The zero-order valence-corrected chi connectivity index (χ0v) is 14.0. The fourth-order valence-electron chi connectivity index (χ4n) is 1.75. The first kappa shape index (κ1) is 15.5. The second-order valence-corrected chi connectivity index (χ2v) is 6.61. The molecule has 3 nitrogen and oxygen atoms in total. The predicted octanol–water partition coefficient (Wildman–Crippen LogP) is 4.65. The fraction of sp³-hybridized carbons (Fsp3) is 0.125. The molecule has 0 aliphatic heterocycles. The number of hydrogen-bond acceptors (Lipinski definition) is 3. The number of anilines is 1. The van der Waals surface area contributed by atoms with Crippen molar-refractivity contribution in [3.63, 3.8) is 0 Å². The molecule has 0 unspecified atom stereocenters. The maximum atomic E-state index is 11.9. The quantitative estimate of drug-likeness (QED) is 0.809. The third kappa shape index (κ3) is 3.81. The van der Waals surface area contributed by atoms with Crippen molar-refractivity contribution in [3.8, 4) is 6.07 Å². The van der Waals surface area contributed by atoms with Crippen LogP contribution in [-0.4, -0.2) is 5.91 Å². The van der Waals surface area contributed by atoms with Crippen LogP contribution in [0, 0.1) is 25.2 Å². The highest BCUT2D eigenvalue weighted by Crippen LogP contribution is 2.31. The van der Waals surface area contributed by atoms with Gasteiger partial charge in [0.15, 0.2) is 0 Å². The van der Waals surface area contributed by atoms with Crippen LogP contribution >= 0.6 is 27.3 Å². The molecule has 1 aromatic heterocycles. The molecule has 0 bridgehead atoms. The van der Waals surface area contributed by atoms with Crippen molar-refractivity contribution >= 4 is 44.3 Å². The van der Waals surface area contributed by atoms with E-state index >= 15 is 0 Å². The second-order valence-electron chi connectivity index (χ2n) is 4.47. The standard InChI is InChI=1S/C16H13BrN2OS/c1-10-11(2)21-16(14(10)9-18)19-15(20)8-5-12-3-6-13(17)7-4-12/h3-8H,1-2H3,(H,19,20). The van der Waals surface area contributed by atoms with Gasteiger partial charge in [-0.1, -0.05) is 28.1 Å². The van der Waals surface area contributed by atoms with Crippen molar-refractivity contribution in [2.45, 2.75) is 13.8 Å². The highest BCUT2D eigenvalue weighted by atomic mass is 79.9. The molecule has 0 aliphatic rings. The van der Waals surface area contributed by atoms with Crippen LogP contribution in [-0.2, 0) is 4.79 Å². The van der Waals surface area contributed by atoms with Crippen molar-refractivity contribution in [3.05, 3.63) is 56.4 Å². The van der Waals surface area contributed by atoms with Crippen molar-refractivity contribution in [1.82, 2.24) is 0 Å². The van der Waals surface area contributed by atoms with Gasteiger partial charge >= 0.3 is 0 Å². The molecule has 1 heterocycles. The monoisotopic (exact) mass is 360 g/mol. The summed E-state index contributed by atoms with van der Waals surface area (Å²) in [6.07, 6.45) is 3.20. The first-order valence-corrected chi connectivity index (χ1v) is 7.87. The van der Waals surface area contributed by atoms with Crippen molar-refractivity contribution in [2.24, 2.45) is 0 Å². The van der Waals surface area contributed by atoms with Gasteiger partial charge in [0.1, 0.15) is 11.1 Å². The molecule has 0 radical (unpaired) electrons. The summed E-state index contributed by atoms with van der Waals surface area (Å²) in [4.78, 5) is 13.0. The van der Waals surface area contributed by atoms with Crippen LogP contribution in [0.15, 0.2) is 34.8 Å². The molecule has 1 aromatic carbocycles. The maximum absolute atomic E-state index is 11.9. The molecule has 1 amide bonds. The number of carbonyl (C=O) groups excluding carboxylic acids is 1. The van der Waals surface area contributed by atoms with E-state index in [1.807, 2.05) is 38.1 Å². The Morgan fingerprint density at radius 3 is 2.62 bits per heavy atom. The van der Waals surface area contributed by atoms with Crippen molar-refractivity contribution in [1.29, 1.82) is 5.26 Å². The Labute approximate surface area is 136 Å². The van der Waals surface area contributed by atoms with Gasteiger partial charge in [-0.25, -0.2) is 0 Å². The second kappa shape index (κ2) is 6.70. The van der Waals surface area contributed by atoms with E-state index in [1.54, 1.807) is 6.08 Å². The molecule has 0 saturated heterocycles. The molecule has 2 rings (SSSR count). The number of nitriles is 1. The van der Waals surface area contributed by atoms with Gasteiger partial charge in [-0.3, -0.25) is 4.79 Å². The Kier molecular flexibility index (Phi) is 4.94. The van der Waals surface area contributed by atoms with Gasteiger partial charge in [-0.05, 0) is 43.2 Å². The van der Waals surface area contributed by atoms with Gasteiger partial charge in [-0.2, -0.15) is 5.26 Å². The number of halogens is 1. The SMILES string of the molecule is Cc1sc(NC(=O)C=Cc2ccc(Br)cc2)c(C#N)c1C. The molecule has 5 heteroatoms. The van der Waals surface area contributed by atoms with Crippen molar-refractivity contribution < 1.29 is 4.79 Å². The van der Waals surface area contributed by atoms with Gasteiger partial charge in [-0.15, -0.1) is 11.3 Å². The smallest absolute Gasteiger partial charge is 0.249 e. The summed E-state index contributed by atoms with van der Waals surface area (Å²) in [5.74, 6) is -0.240. The van der Waals surface area contributed by atoms with Gasteiger partial charge < -0.3 is 5.32 Å². The van der Waals surface area contributed by atoms with E-state index in [2.05, 4.69) is 27.3 Å². The molecule has 2 aromatic rings. The molecule has 0 spiro atoms. The van der Waals surface area contributed by atoms with Crippen LogP contribution < -0.4 is 5.32 Å². The van der Waals surface area contributed by atoms with E-state index in [0.717, 1.165) is 20.5 Å². The Morgan fingerprint density at radius 2 is 2.00 bits per heavy atom. The molecular formula is C16H13BrN2OS. The molecule has 106 valence electrons. The number of aryl methyl sites for hydroxylation is 1. The first-order valence-electron chi connectivity index (χ1n) is 6.26. The van der Waals surface area contributed by atoms with E-state index in [0.29, 0.717) is 10.6 Å². The summed E-state index contributed by atoms with van der Waals surface area (Å²) in [5, 5.41) is 12.5. The lowest BCUT2D eigenvalue weighted by Gasteiger charge is -1.99. The van der Waals surface area contributed by atoms with E-state index in [9.17, 15) is 4.79 Å². The Balaban J connectivity index is 2.10. The minimum absolute atomic E-state index is 0.240. The zero-order valence-electron chi connectivity index (χ0n) is 11.6. The zero-order chi connectivity index (χ0) is 15.4. The van der Waals surface area contributed by atoms with E-state index in [1.165, 1.54) is 17.4 Å². The predicted molar refractivity (Wildman–Crippen MR) is 90.3 cm³/mol. The number of thiophene rings is 1. The lowest BCUT2D eigenvalue weighted by atomic mass is 10.2. The molecule has 21 heavy (non-hydrogen) atoms. The maximum Gasteiger partial charge on any atom is 0.249 e. The Bertz CT molecular complexity index is 739. The van der Waals surface area contributed by atoms with Gasteiger partial charge in [0, 0.05) is 15.4 Å². The molecular weight excluding hydrogens is 348 g/mol. The third-order valence-corrected chi connectivity index (χ3v) is 4.68. The molecule has 0 atom stereocenters. The van der Waals surface area contributed by atoms with Crippen LogP contribution in [0.1, 0.15) is 21.6 Å². The average Bonchev–Trinajstić information content (AvgIpc) is 2.72. The fourth-order valence-corrected chi connectivity index (χ4v) is 3.03. The minimum atomic E-state index is -0.240. The molecule has 1 N–H and O–H groups in total. The number of carbonyl (C=O) groups is 1. The number of nitrogens with zero attached hydrogens (tertiary/aromatic N) is 1. The largest absolute Gasteiger partial charge is 0.313 e. The van der Waals surface area contributed by atoms with Crippen LogP contribution in [0.3, 0.4) is 0 Å². The number of amides is 1. The summed E-state index contributed by atoms with van der Waals surface area (Å²) in [6.45, 7) is 3.83. The summed E-state index contributed by atoms with van der Waals surface area (Å²) >= 11 is 4.79. The average molecular weight is 361 g/mol. The summed E-state index contributed by atoms with van der Waals surface area (Å²) in [5.41, 5.74) is 2.41. The minimum Gasteiger partial charge on any atom is -0.313 e. The van der Waals surface area contributed by atoms with Crippen LogP contribution in [0.5, 0.6) is 0 Å². The van der Waals surface area contributed by atoms with Crippen LogP contribution in [0.25, 0.3) is 6.08 Å². The highest BCUT2D eigenvalue weighted by Gasteiger charge is 2.13. The van der Waals surface area contributed by atoms with E-state index in [4.69, 9.17) is 5.26 Å². The molecule has 0 aliphatic carbocycles. The molecule has 0 saturated carbocycles. The van der Waals surface area contributed by atoms with Gasteiger partial charge in [0.2, 0.25) is 5.91 Å². The lowest BCUT2D eigenvalue weighted by molar-refractivity contribution is -0.111. The Hall–Kier alpha value is -1.90. The first-order chi connectivity index (χ1) is 10.0. The molecule has 0 fully saturated rings. The van der Waals surface area contributed by atoms with Crippen LogP contribution in [0.4, 0.5) is 5.00 Å². The summed E-state index contributed by atoms with van der Waals surface area (Å²) in [6, 6.07) is 9.79. The lowest BCUT2D eigenvalue weighted by Crippen LogP contribution is -2.07. The van der Waals surface area contributed by atoms with Crippen molar-refractivity contribution in [2.75, 3.05) is 5.32 Å². The van der Waals surface area contributed by atoms with Gasteiger partial charge in [0.05, 0.1) is 5.56 Å².